The van der Waals surface area contributed by atoms with Gasteiger partial charge in [-0.3, -0.25) is 14.4 Å². The summed E-state index contributed by atoms with van der Waals surface area (Å²) in [6.45, 7) is -0.414. The molecular weight excluding hydrogens is 307 g/mol. The van der Waals surface area contributed by atoms with Crippen molar-refractivity contribution in [2.75, 3.05) is 13.1 Å². The molecule has 0 radical (unpaired) electrons. The van der Waals surface area contributed by atoms with Gasteiger partial charge in [-0.05, 0) is 29.6 Å². The van der Waals surface area contributed by atoms with E-state index in [1.807, 2.05) is 0 Å². The Kier molecular flexibility index (Phi) is 5.37. The standard InChI is InChI=1S/C15H13FN2O3S/c16-11-4-1-3-10(7-11)15(21)18-9-14(20)17-8-12(19)13-5-2-6-22-13/h1-7H,8-9H2,(H,17,20)(H,18,21). The van der Waals surface area contributed by atoms with E-state index in [9.17, 15) is 18.8 Å². The molecule has 0 aliphatic heterocycles. The lowest BCUT2D eigenvalue weighted by atomic mass is 10.2. The monoisotopic (exact) mass is 320 g/mol. The molecule has 0 fully saturated rings. The SMILES string of the molecule is O=C(CNC(=O)c1cccc(F)c1)NCC(=O)c1cccs1. The number of ketones is 1. The van der Waals surface area contributed by atoms with Crippen molar-refractivity contribution < 1.29 is 18.8 Å². The lowest BCUT2D eigenvalue weighted by Crippen LogP contribution is -2.39. The van der Waals surface area contributed by atoms with E-state index in [-0.39, 0.29) is 24.4 Å². The molecule has 1 aromatic heterocycles. The molecule has 2 amide bonds. The summed E-state index contributed by atoms with van der Waals surface area (Å²) in [5, 5.41) is 6.55. The number of amides is 2. The first-order chi connectivity index (χ1) is 10.6. The fraction of sp³-hybridized carbons (Fsp3) is 0.133. The summed E-state index contributed by atoms with van der Waals surface area (Å²) in [5.74, 6) is -1.77. The maximum absolute atomic E-state index is 13.0. The predicted octanol–water partition coefficient (Wildman–Crippen LogP) is 1.62. The van der Waals surface area contributed by atoms with Gasteiger partial charge in [-0.1, -0.05) is 12.1 Å². The molecule has 0 aliphatic carbocycles. The van der Waals surface area contributed by atoms with Crippen LogP contribution in [-0.4, -0.2) is 30.7 Å². The summed E-state index contributed by atoms with van der Waals surface area (Å²) in [4.78, 5) is 35.5. The first-order valence-electron chi connectivity index (χ1n) is 6.43. The topological polar surface area (TPSA) is 75.3 Å². The Bertz CT molecular complexity index is 686. The van der Waals surface area contributed by atoms with E-state index in [0.29, 0.717) is 4.88 Å². The second kappa shape index (κ2) is 7.46. The van der Waals surface area contributed by atoms with Crippen molar-refractivity contribution in [1.29, 1.82) is 0 Å². The van der Waals surface area contributed by atoms with Gasteiger partial charge in [0, 0.05) is 5.56 Å². The molecule has 0 saturated heterocycles. The molecule has 0 aliphatic rings. The van der Waals surface area contributed by atoms with Gasteiger partial charge in [-0.2, -0.15) is 0 Å². The van der Waals surface area contributed by atoms with Crippen LogP contribution in [0.1, 0.15) is 20.0 Å². The number of nitrogens with one attached hydrogen (secondary N) is 2. The van der Waals surface area contributed by atoms with Crippen LogP contribution < -0.4 is 10.6 Å². The third-order valence-corrected chi connectivity index (χ3v) is 3.65. The fourth-order valence-electron chi connectivity index (χ4n) is 1.66. The lowest BCUT2D eigenvalue weighted by molar-refractivity contribution is -0.119. The van der Waals surface area contributed by atoms with Crippen molar-refractivity contribution in [3.05, 3.63) is 58.0 Å². The molecule has 22 heavy (non-hydrogen) atoms. The molecule has 5 nitrogen and oxygen atoms in total. The van der Waals surface area contributed by atoms with Gasteiger partial charge in [-0.25, -0.2) is 4.39 Å². The number of Topliss-reactive ketones (excluding diaryl/α,β-unsaturated/α-hetero) is 1. The maximum Gasteiger partial charge on any atom is 0.251 e. The molecule has 2 aromatic rings. The smallest absolute Gasteiger partial charge is 0.251 e. The average molecular weight is 320 g/mol. The number of benzene rings is 1. The van der Waals surface area contributed by atoms with E-state index in [4.69, 9.17) is 0 Å². The highest BCUT2D eigenvalue weighted by molar-refractivity contribution is 7.12. The number of carbonyl (C=O) groups excluding carboxylic acids is 3. The third kappa shape index (κ3) is 4.49. The number of hydrogen-bond donors (Lipinski definition) is 2. The van der Waals surface area contributed by atoms with Gasteiger partial charge in [0.2, 0.25) is 5.91 Å². The molecule has 1 heterocycles. The van der Waals surface area contributed by atoms with Crippen LogP contribution in [-0.2, 0) is 4.79 Å². The average Bonchev–Trinajstić information content (AvgIpc) is 3.04. The Labute approximate surface area is 130 Å². The molecule has 2 rings (SSSR count). The van der Waals surface area contributed by atoms with E-state index < -0.39 is 17.6 Å². The van der Waals surface area contributed by atoms with Crippen molar-refractivity contribution in [1.82, 2.24) is 10.6 Å². The molecule has 114 valence electrons. The molecule has 2 N–H and O–H groups in total. The van der Waals surface area contributed by atoms with Crippen LogP contribution in [0.3, 0.4) is 0 Å². The summed E-state index contributed by atoms with van der Waals surface area (Å²) in [5.41, 5.74) is 0.127. The van der Waals surface area contributed by atoms with Gasteiger partial charge in [-0.15, -0.1) is 11.3 Å². The van der Waals surface area contributed by atoms with Crippen LogP contribution in [0.15, 0.2) is 41.8 Å². The number of thiophene rings is 1. The van der Waals surface area contributed by atoms with E-state index in [1.165, 1.54) is 29.5 Å². The molecule has 7 heteroatoms. The maximum atomic E-state index is 13.0. The van der Waals surface area contributed by atoms with Crippen molar-refractivity contribution in [2.24, 2.45) is 0 Å². The minimum Gasteiger partial charge on any atom is -0.347 e. The first-order valence-corrected chi connectivity index (χ1v) is 7.31. The van der Waals surface area contributed by atoms with Crippen LogP contribution in [0.4, 0.5) is 4.39 Å². The van der Waals surface area contributed by atoms with Gasteiger partial charge >= 0.3 is 0 Å². The van der Waals surface area contributed by atoms with E-state index in [0.717, 1.165) is 6.07 Å². The summed E-state index contributed by atoms with van der Waals surface area (Å²) in [7, 11) is 0. The highest BCUT2D eigenvalue weighted by Crippen LogP contribution is 2.08. The van der Waals surface area contributed by atoms with Gasteiger partial charge in [0.05, 0.1) is 18.0 Å². The Balaban J connectivity index is 1.76. The lowest BCUT2D eigenvalue weighted by Gasteiger charge is -2.06. The minimum atomic E-state index is -0.556. The van der Waals surface area contributed by atoms with Gasteiger partial charge in [0.1, 0.15) is 5.82 Å². The van der Waals surface area contributed by atoms with E-state index in [2.05, 4.69) is 10.6 Å². The second-order valence-electron chi connectivity index (χ2n) is 4.37. The second-order valence-corrected chi connectivity index (χ2v) is 5.32. The Morgan fingerprint density at radius 1 is 1.05 bits per heavy atom. The van der Waals surface area contributed by atoms with E-state index >= 15 is 0 Å². The Morgan fingerprint density at radius 2 is 1.86 bits per heavy atom. The molecule has 0 atom stereocenters. The molecule has 0 bridgehead atoms. The Morgan fingerprint density at radius 3 is 2.55 bits per heavy atom. The van der Waals surface area contributed by atoms with Crippen LogP contribution in [0.25, 0.3) is 0 Å². The third-order valence-electron chi connectivity index (χ3n) is 2.74. The quantitative estimate of drug-likeness (QED) is 0.794. The molecule has 0 unspecified atom stereocenters. The summed E-state index contributed by atoms with van der Waals surface area (Å²) in [6.07, 6.45) is 0. The van der Waals surface area contributed by atoms with Crippen molar-refractivity contribution in [2.45, 2.75) is 0 Å². The van der Waals surface area contributed by atoms with Crippen molar-refractivity contribution in [3.8, 4) is 0 Å². The minimum absolute atomic E-state index is 0.127. The molecule has 0 saturated carbocycles. The highest BCUT2D eigenvalue weighted by atomic mass is 32.1. The number of hydrogen-bond acceptors (Lipinski definition) is 4. The highest BCUT2D eigenvalue weighted by Gasteiger charge is 2.11. The van der Waals surface area contributed by atoms with Crippen LogP contribution in [0.5, 0.6) is 0 Å². The van der Waals surface area contributed by atoms with Crippen molar-refractivity contribution in [3.63, 3.8) is 0 Å². The summed E-state index contributed by atoms with van der Waals surface area (Å²) >= 11 is 1.29. The summed E-state index contributed by atoms with van der Waals surface area (Å²) < 4.78 is 13.0. The number of rotatable bonds is 6. The fourth-order valence-corrected chi connectivity index (χ4v) is 2.32. The zero-order valence-electron chi connectivity index (χ0n) is 11.5. The Hall–Kier alpha value is -2.54. The van der Waals surface area contributed by atoms with E-state index in [1.54, 1.807) is 17.5 Å². The normalized spacial score (nSPS) is 10.0. The molecule has 0 spiro atoms. The van der Waals surface area contributed by atoms with Crippen molar-refractivity contribution >= 4 is 28.9 Å². The number of halogens is 1. The first kappa shape index (κ1) is 15.8. The summed E-state index contributed by atoms with van der Waals surface area (Å²) in [6, 6.07) is 8.57. The van der Waals surface area contributed by atoms with Gasteiger partial charge in [0.25, 0.3) is 5.91 Å². The molecule has 1 aromatic carbocycles. The van der Waals surface area contributed by atoms with Crippen LogP contribution in [0, 0.1) is 5.82 Å². The largest absolute Gasteiger partial charge is 0.347 e. The predicted molar refractivity (Wildman–Crippen MR) is 80.4 cm³/mol. The van der Waals surface area contributed by atoms with Gasteiger partial charge in [0.15, 0.2) is 5.78 Å². The van der Waals surface area contributed by atoms with Crippen LogP contribution >= 0.6 is 11.3 Å². The zero-order valence-corrected chi connectivity index (χ0v) is 12.3. The zero-order chi connectivity index (χ0) is 15.9. The van der Waals surface area contributed by atoms with Crippen LogP contribution in [0.2, 0.25) is 0 Å². The number of carbonyl (C=O) groups is 3. The molecular formula is C15H13FN2O3S. The van der Waals surface area contributed by atoms with Gasteiger partial charge < -0.3 is 10.6 Å².